The van der Waals surface area contributed by atoms with Crippen LogP contribution in [0.15, 0.2) is 35.4 Å². The lowest BCUT2D eigenvalue weighted by Crippen LogP contribution is -2.40. The third-order valence-corrected chi connectivity index (χ3v) is 1.79. The minimum Gasteiger partial charge on any atom is -0.480 e. The van der Waals surface area contributed by atoms with Crippen LogP contribution in [0.25, 0.3) is 0 Å². The van der Waals surface area contributed by atoms with Crippen LogP contribution in [-0.2, 0) is 14.4 Å². The number of carbonyl (C=O) groups is 3. The first kappa shape index (κ1) is 13.4. The maximum Gasteiger partial charge on any atom is 0.329 e. The van der Waals surface area contributed by atoms with Crippen molar-refractivity contribution in [2.45, 2.75) is 0 Å². The molecule has 0 aromatic heterocycles. The molecule has 2 amide bonds. The van der Waals surface area contributed by atoms with Gasteiger partial charge in [-0.05, 0) is 5.56 Å². The van der Waals surface area contributed by atoms with E-state index in [1.165, 1.54) is 6.21 Å². The van der Waals surface area contributed by atoms with Gasteiger partial charge in [0, 0.05) is 0 Å². The monoisotopic (exact) mass is 249 g/mol. The van der Waals surface area contributed by atoms with Gasteiger partial charge in [0.1, 0.15) is 6.54 Å². The number of carboxylic acids is 1. The smallest absolute Gasteiger partial charge is 0.329 e. The number of hydrazone groups is 1. The molecule has 0 heterocycles. The largest absolute Gasteiger partial charge is 0.480 e. The van der Waals surface area contributed by atoms with E-state index in [9.17, 15) is 14.4 Å². The summed E-state index contributed by atoms with van der Waals surface area (Å²) in [5.41, 5.74) is 2.73. The van der Waals surface area contributed by atoms with Gasteiger partial charge >= 0.3 is 17.8 Å². The molecule has 0 bridgehead atoms. The molecular formula is C11H11N3O4. The first-order valence-electron chi connectivity index (χ1n) is 4.97. The molecule has 7 heteroatoms. The van der Waals surface area contributed by atoms with Crippen LogP contribution in [0, 0.1) is 0 Å². The van der Waals surface area contributed by atoms with Crippen LogP contribution < -0.4 is 10.7 Å². The fourth-order valence-electron chi connectivity index (χ4n) is 0.991. The Balaban J connectivity index is 2.39. The molecule has 0 aliphatic heterocycles. The summed E-state index contributed by atoms with van der Waals surface area (Å²) in [5.74, 6) is -3.31. The molecule has 1 aromatic carbocycles. The molecule has 1 aromatic rings. The fraction of sp³-hybridized carbons (Fsp3) is 0.0909. The van der Waals surface area contributed by atoms with Crippen LogP contribution in [0.3, 0.4) is 0 Å². The Morgan fingerprint density at radius 1 is 1.17 bits per heavy atom. The number of rotatable bonds is 4. The number of nitrogens with one attached hydrogen (secondary N) is 2. The van der Waals surface area contributed by atoms with E-state index in [0.717, 1.165) is 5.56 Å². The van der Waals surface area contributed by atoms with E-state index >= 15 is 0 Å². The van der Waals surface area contributed by atoms with Crippen LogP contribution in [0.4, 0.5) is 0 Å². The van der Waals surface area contributed by atoms with Gasteiger partial charge in [-0.25, -0.2) is 5.43 Å². The summed E-state index contributed by atoms with van der Waals surface area (Å²) in [6, 6.07) is 8.95. The van der Waals surface area contributed by atoms with Crippen molar-refractivity contribution in [3.05, 3.63) is 35.9 Å². The van der Waals surface area contributed by atoms with Crippen molar-refractivity contribution < 1.29 is 19.5 Å². The fourth-order valence-corrected chi connectivity index (χ4v) is 0.991. The van der Waals surface area contributed by atoms with E-state index in [4.69, 9.17) is 5.11 Å². The van der Waals surface area contributed by atoms with E-state index in [1.807, 2.05) is 16.8 Å². The average molecular weight is 249 g/mol. The highest BCUT2D eigenvalue weighted by atomic mass is 16.4. The van der Waals surface area contributed by atoms with Crippen LogP contribution >= 0.6 is 0 Å². The summed E-state index contributed by atoms with van der Waals surface area (Å²) >= 11 is 0. The molecule has 3 N–H and O–H groups in total. The highest BCUT2D eigenvalue weighted by Crippen LogP contribution is 1.92. The standard InChI is InChI=1S/C11H11N3O4/c15-9(16)7-12-10(17)11(18)14-13-6-8-4-2-1-3-5-8/h1-6H,7H2,(H,12,17)(H,14,18)(H,15,16)/b13-6+. The molecule has 0 aliphatic rings. The Bertz CT molecular complexity index is 470. The Labute approximate surface area is 103 Å². The zero-order valence-electron chi connectivity index (χ0n) is 9.29. The van der Waals surface area contributed by atoms with Gasteiger partial charge in [-0.15, -0.1) is 0 Å². The highest BCUT2D eigenvalue weighted by Gasteiger charge is 2.12. The normalized spacial score (nSPS) is 10.0. The van der Waals surface area contributed by atoms with Crippen molar-refractivity contribution in [3.63, 3.8) is 0 Å². The third kappa shape index (κ3) is 4.88. The summed E-state index contributed by atoms with van der Waals surface area (Å²) < 4.78 is 0. The zero-order valence-corrected chi connectivity index (χ0v) is 9.29. The molecule has 0 saturated carbocycles. The summed E-state index contributed by atoms with van der Waals surface area (Å²) in [6.07, 6.45) is 1.36. The Morgan fingerprint density at radius 3 is 2.44 bits per heavy atom. The Morgan fingerprint density at radius 2 is 1.83 bits per heavy atom. The number of hydrogen-bond donors (Lipinski definition) is 3. The second-order valence-electron chi connectivity index (χ2n) is 3.19. The van der Waals surface area contributed by atoms with E-state index in [1.54, 1.807) is 24.3 Å². The van der Waals surface area contributed by atoms with Crippen molar-refractivity contribution in [1.29, 1.82) is 0 Å². The number of carbonyl (C=O) groups excluding carboxylic acids is 2. The maximum atomic E-state index is 11.1. The van der Waals surface area contributed by atoms with Gasteiger partial charge in [-0.2, -0.15) is 5.10 Å². The van der Waals surface area contributed by atoms with E-state index in [2.05, 4.69) is 5.10 Å². The van der Waals surface area contributed by atoms with Crippen LogP contribution in [0.1, 0.15) is 5.56 Å². The van der Waals surface area contributed by atoms with Crippen LogP contribution in [0.5, 0.6) is 0 Å². The zero-order chi connectivity index (χ0) is 13.4. The summed E-state index contributed by atoms with van der Waals surface area (Å²) in [6.45, 7) is -0.616. The van der Waals surface area contributed by atoms with Crippen molar-refractivity contribution in [3.8, 4) is 0 Å². The quantitative estimate of drug-likeness (QED) is 0.374. The number of aliphatic carboxylic acids is 1. The van der Waals surface area contributed by atoms with Gasteiger partial charge in [-0.3, -0.25) is 14.4 Å². The summed E-state index contributed by atoms with van der Waals surface area (Å²) in [5, 5.41) is 13.8. The third-order valence-electron chi connectivity index (χ3n) is 1.79. The van der Waals surface area contributed by atoms with Gasteiger partial charge in [-0.1, -0.05) is 30.3 Å². The number of amides is 2. The van der Waals surface area contributed by atoms with Crippen LogP contribution in [-0.4, -0.2) is 35.6 Å². The highest BCUT2D eigenvalue weighted by molar-refractivity contribution is 6.35. The molecule has 0 fully saturated rings. The lowest BCUT2D eigenvalue weighted by atomic mass is 10.2. The summed E-state index contributed by atoms with van der Waals surface area (Å²) in [4.78, 5) is 32.3. The van der Waals surface area contributed by atoms with Gasteiger partial charge in [0.2, 0.25) is 0 Å². The van der Waals surface area contributed by atoms with E-state index in [-0.39, 0.29) is 0 Å². The molecule has 0 unspecified atom stereocenters. The van der Waals surface area contributed by atoms with Gasteiger partial charge in [0.25, 0.3) is 0 Å². The SMILES string of the molecule is O=C(O)CNC(=O)C(=O)N/N=C/c1ccccc1. The molecule has 0 saturated heterocycles. The number of nitrogens with zero attached hydrogens (tertiary/aromatic N) is 1. The predicted octanol–water partition coefficient (Wildman–Crippen LogP) is -0.662. The first-order chi connectivity index (χ1) is 8.59. The predicted molar refractivity (Wildman–Crippen MR) is 62.8 cm³/mol. The molecule has 0 spiro atoms. The Kier molecular flexibility index (Phi) is 5.04. The van der Waals surface area contributed by atoms with Crippen LogP contribution in [0.2, 0.25) is 0 Å². The van der Waals surface area contributed by atoms with Crippen molar-refractivity contribution in [1.82, 2.24) is 10.7 Å². The Hall–Kier alpha value is -2.70. The minimum atomic E-state index is -1.23. The van der Waals surface area contributed by atoms with Gasteiger partial charge in [0.15, 0.2) is 0 Å². The number of benzene rings is 1. The lowest BCUT2D eigenvalue weighted by Gasteiger charge is -1.99. The molecule has 0 atom stereocenters. The first-order valence-corrected chi connectivity index (χ1v) is 4.97. The molecular weight excluding hydrogens is 238 g/mol. The molecule has 0 aliphatic carbocycles. The molecule has 18 heavy (non-hydrogen) atoms. The van der Waals surface area contributed by atoms with E-state index in [0.29, 0.717) is 0 Å². The molecule has 7 nitrogen and oxygen atoms in total. The van der Waals surface area contributed by atoms with Crippen molar-refractivity contribution >= 4 is 24.0 Å². The molecule has 1 rings (SSSR count). The second-order valence-corrected chi connectivity index (χ2v) is 3.19. The molecule has 94 valence electrons. The topological polar surface area (TPSA) is 108 Å². The van der Waals surface area contributed by atoms with Gasteiger partial charge < -0.3 is 10.4 Å². The van der Waals surface area contributed by atoms with E-state index < -0.39 is 24.3 Å². The lowest BCUT2D eigenvalue weighted by molar-refractivity contribution is -0.142. The van der Waals surface area contributed by atoms with Crippen molar-refractivity contribution in [2.24, 2.45) is 5.10 Å². The second kappa shape index (κ2) is 6.79. The summed E-state index contributed by atoms with van der Waals surface area (Å²) in [7, 11) is 0. The average Bonchev–Trinajstić information content (AvgIpc) is 2.37. The maximum absolute atomic E-state index is 11.1. The number of hydrogen-bond acceptors (Lipinski definition) is 4. The number of carboxylic acid groups (broad SMARTS) is 1. The minimum absolute atomic E-state index is 0.616. The molecule has 0 radical (unpaired) electrons. The van der Waals surface area contributed by atoms with Gasteiger partial charge in [0.05, 0.1) is 6.21 Å². The van der Waals surface area contributed by atoms with Crippen molar-refractivity contribution in [2.75, 3.05) is 6.54 Å².